The molecule has 0 aliphatic carbocycles. The van der Waals surface area contributed by atoms with Gasteiger partial charge in [0.25, 0.3) is 0 Å². The summed E-state index contributed by atoms with van der Waals surface area (Å²) in [6.45, 7) is 3.66. The molecule has 0 heterocycles. The van der Waals surface area contributed by atoms with Gasteiger partial charge in [-0.05, 0) is 50.0 Å². The van der Waals surface area contributed by atoms with Crippen molar-refractivity contribution in [2.45, 2.75) is 31.2 Å². The fraction of sp³-hybridized carbons (Fsp3) is 0.538. The van der Waals surface area contributed by atoms with Crippen LogP contribution in [0.15, 0.2) is 23.1 Å². The predicted octanol–water partition coefficient (Wildman–Crippen LogP) is 2.34. The molecule has 0 saturated carbocycles. The maximum Gasteiger partial charge on any atom is 0.243 e. The predicted molar refractivity (Wildman–Crippen MR) is 83.0 cm³/mol. The zero-order chi connectivity index (χ0) is 14.6. The van der Waals surface area contributed by atoms with Crippen molar-refractivity contribution in [3.8, 4) is 0 Å². The Morgan fingerprint density at radius 1 is 1.42 bits per heavy atom. The zero-order valence-electron chi connectivity index (χ0n) is 11.9. The van der Waals surface area contributed by atoms with Crippen LogP contribution in [0.25, 0.3) is 0 Å². The van der Waals surface area contributed by atoms with E-state index in [0.717, 1.165) is 12.2 Å². The SMILES string of the molecule is CSCCC(C)N(C)S(=O)(=O)c1cccc(N)c1C. The summed E-state index contributed by atoms with van der Waals surface area (Å²) in [5.41, 5.74) is 6.91. The van der Waals surface area contributed by atoms with Gasteiger partial charge in [0.1, 0.15) is 0 Å². The van der Waals surface area contributed by atoms with Crippen LogP contribution < -0.4 is 5.73 Å². The third kappa shape index (κ3) is 3.64. The number of rotatable bonds is 6. The van der Waals surface area contributed by atoms with Crippen molar-refractivity contribution >= 4 is 27.5 Å². The number of nitrogens with two attached hydrogens (primary N) is 1. The molecular weight excluding hydrogens is 280 g/mol. The number of nitrogens with zero attached hydrogens (tertiary/aromatic N) is 1. The van der Waals surface area contributed by atoms with Crippen LogP contribution in [0.5, 0.6) is 0 Å². The van der Waals surface area contributed by atoms with Gasteiger partial charge >= 0.3 is 0 Å². The van der Waals surface area contributed by atoms with Gasteiger partial charge < -0.3 is 5.73 Å². The molecule has 0 aromatic heterocycles. The molecule has 0 spiro atoms. The van der Waals surface area contributed by atoms with Gasteiger partial charge in [0.15, 0.2) is 0 Å². The number of nitrogen functional groups attached to an aromatic ring is 1. The minimum atomic E-state index is -3.48. The summed E-state index contributed by atoms with van der Waals surface area (Å²) < 4.78 is 26.6. The molecule has 1 rings (SSSR count). The average Bonchev–Trinajstić information content (AvgIpc) is 2.37. The fourth-order valence-corrected chi connectivity index (χ4v) is 3.99. The molecule has 6 heteroatoms. The zero-order valence-corrected chi connectivity index (χ0v) is 13.5. The molecule has 0 bridgehead atoms. The Kier molecular flexibility index (Phi) is 5.70. The number of hydrogen-bond donors (Lipinski definition) is 1. The molecule has 108 valence electrons. The lowest BCUT2D eigenvalue weighted by Gasteiger charge is -2.25. The largest absolute Gasteiger partial charge is 0.398 e. The van der Waals surface area contributed by atoms with E-state index in [1.165, 1.54) is 4.31 Å². The fourth-order valence-electron chi connectivity index (χ4n) is 1.77. The number of sulfonamides is 1. The molecule has 2 N–H and O–H groups in total. The van der Waals surface area contributed by atoms with Gasteiger partial charge in [-0.15, -0.1) is 0 Å². The third-order valence-corrected chi connectivity index (χ3v) is 6.10. The van der Waals surface area contributed by atoms with Crippen molar-refractivity contribution in [1.82, 2.24) is 4.31 Å². The van der Waals surface area contributed by atoms with E-state index in [9.17, 15) is 8.42 Å². The number of anilines is 1. The molecule has 0 aliphatic heterocycles. The lowest BCUT2D eigenvalue weighted by Crippen LogP contribution is -2.35. The first-order valence-electron chi connectivity index (χ1n) is 6.14. The van der Waals surface area contributed by atoms with Crippen LogP contribution in [0.3, 0.4) is 0 Å². The Morgan fingerprint density at radius 3 is 2.63 bits per heavy atom. The molecule has 0 aliphatic rings. The molecule has 1 unspecified atom stereocenters. The van der Waals surface area contributed by atoms with Crippen molar-refractivity contribution in [1.29, 1.82) is 0 Å². The van der Waals surface area contributed by atoms with E-state index < -0.39 is 10.0 Å². The van der Waals surface area contributed by atoms with Crippen LogP contribution in [0.2, 0.25) is 0 Å². The van der Waals surface area contributed by atoms with Crippen molar-refractivity contribution in [3.05, 3.63) is 23.8 Å². The van der Waals surface area contributed by atoms with E-state index in [4.69, 9.17) is 5.73 Å². The minimum Gasteiger partial charge on any atom is -0.398 e. The first-order valence-corrected chi connectivity index (χ1v) is 8.97. The topological polar surface area (TPSA) is 63.4 Å². The van der Waals surface area contributed by atoms with Gasteiger partial charge in [-0.25, -0.2) is 8.42 Å². The molecule has 1 aromatic carbocycles. The quantitative estimate of drug-likeness (QED) is 0.819. The van der Waals surface area contributed by atoms with E-state index >= 15 is 0 Å². The molecule has 4 nitrogen and oxygen atoms in total. The Balaban J connectivity index is 3.06. The molecule has 1 atom stereocenters. The molecular formula is C13H22N2O2S2. The van der Waals surface area contributed by atoms with Crippen molar-refractivity contribution < 1.29 is 8.42 Å². The van der Waals surface area contributed by atoms with Gasteiger partial charge in [0.05, 0.1) is 4.90 Å². The van der Waals surface area contributed by atoms with Crippen LogP contribution in [0.1, 0.15) is 18.9 Å². The second-order valence-electron chi connectivity index (χ2n) is 4.62. The summed E-state index contributed by atoms with van der Waals surface area (Å²) in [5, 5.41) is 0. The van der Waals surface area contributed by atoms with Gasteiger partial charge in [-0.2, -0.15) is 16.1 Å². The van der Waals surface area contributed by atoms with Crippen LogP contribution in [0.4, 0.5) is 5.69 Å². The van der Waals surface area contributed by atoms with E-state index in [0.29, 0.717) is 16.1 Å². The first kappa shape index (κ1) is 16.3. The second-order valence-corrected chi connectivity index (χ2v) is 7.57. The summed E-state index contributed by atoms with van der Waals surface area (Å²) in [6.07, 6.45) is 2.85. The highest BCUT2D eigenvalue weighted by Crippen LogP contribution is 2.25. The monoisotopic (exact) mass is 302 g/mol. The minimum absolute atomic E-state index is 0.0294. The van der Waals surface area contributed by atoms with Crippen LogP contribution in [-0.2, 0) is 10.0 Å². The van der Waals surface area contributed by atoms with E-state index in [1.54, 1.807) is 43.9 Å². The summed E-state index contributed by atoms with van der Waals surface area (Å²) in [7, 11) is -1.85. The van der Waals surface area contributed by atoms with Crippen LogP contribution >= 0.6 is 11.8 Å². The second kappa shape index (κ2) is 6.63. The van der Waals surface area contributed by atoms with Gasteiger partial charge in [-0.3, -0.25) is 0 Å². The maximum absolute atomic E-state index is 12.6. The van der Waals surface area contributed by atoms with Crippen LogP contribution in [-0.4, -0.2) is 37.8 Å². The summed E-state index contributed by atoms with van der Waals surface area (Å²) in [4.78, 5) is 0.297. The molecule has 0 amide bonds. The lowest BCUT2D eigenvalue weighted by molar-refractivity contribution is 0.382. The number of thioether (sulfide) groups is 1. The highest BCUT2D eigenvalue weighted by molar-refractivity contribution is 7.98. The lowest BCUT2D eigenvalue weighted by atomic mass is 10.2. The smallest absolute Gasteiger partial charge is 0.243 e. The molecule has 0 radical (unpaired) electrons. The van der Waals surface area contributed by atoms with E-state index in [1.807, 2.05) is 13.2 Å². The van der Waals surface area contributed by atoms with E-state index in [2.05, 4.69) is 0 Å². The number of benzene rings is 1. The Labute approximate surface area is 120 Å². The highest BCUT2D eigenvalue weighted by atomic mass is 32.2. The third-order valence-electron chi connectivity index (χ3n) is 3.34. The molecule has 1 aromatic rings. The molecule has 0 saturated heterocycles. The van der Waals surface area contributed by atoms with E-state index in [-0.39, 0.29) is 6.04 Å². The van der Waals surface area contributed by atoms with Crippen molar-refractivity contribution in [2.24, 2.45) is 0 Å². The van der Waals surface area contributed by atoms with Gasteiger partial charge in [0.2, 0.25) is 10.0 Å². The Morgan fingerprint density at radius 2 is 2.05 bits per heavy atom. The Bertz CT molecular complexity index is 529. The van der Waals surface area contributed by atoms with Crippen molar-refractivity contribution in [3.63, 3.8) is 0 Å². The molecule has 19 heavy (non-hydrogen) atoms. The van der Waals surface area contributed by atoms with Crippen molar-refractivity contribution in [2.75, 3.05) is 24.8 Å². The standard InChI is InChI=1S/C13H22N2O2S2/c1-10(8-9-18-4)15(3)19(16,17)13-7-5-6-12(14)11(13)2/h5-7,10H,8-9,14H2,1-4H3. The summed E-state index contributed by atoms with van der Waals surface area (Å²) in [5.74, 6) is 0.941. The van der Waals surface area contributed by atoms with Crippen LogP contribution in [0, 0.1) is 6.92 Å². The summed E-state index contributed by atoms with van der Waals surface area (Å²) >= 11 is 1.72. The highest BCUT2D eigenvalue weighted by Gasteiger charge is 2.26. The normalized spacial score (nSPS) is 13.7. The first-order chi connectivity index (χ1) is 8.82. The average molecular weight is 302 g/mol. The summed E-state index contributed by atoms with van der Waals surface area (Å²) in [6, 6.07) is 4.97. The molecule has 0 fully saturated rings. The van der Waals surface area contributed by atoms with Gasteiger partial charge in [-0.1, -0.05) is 6.07 Å². The van der Waals surface area contributed by atoms with Gasteiger partial charge in [0, 0.05) is 18.8 Å². The maximum atomic E-state index is 12.6. The Hall–Kier alpha value is -0.720. The number of hydrogen-bond acceptors (Lipinski definition) is 4.